The molecule has 2 aromatic carbocycles. The highest BCUT2D eigenvalue weighted by atomic mass is 35.5. The number of carbonyl (C=O) groups excluding carboxylic acids is 2. The molecule has 1 fully saturated rings. The van der Waals surface area contributed by atoms with E-state index in [4.69, 9.17) is 16.3 Å². The maximum Gasteiger partial charge on any atom is 0.338 e. The molecule has 32 heavy (non-hydrogen) atoms. The van der Waals surface area contributed by atoms with E-state index < -0.39 is 45.3 Å². The van der Waals surface area contributed by atoms with Crippen molar-refractivity contribution >= 4 is 39.2 Å². The van der Waals surface area contributed by atoms with Crippen molar-refractivity contribution in [3.05, 3.63) is 58.6 Å². The molecule has 11 heteroatoms. The predicted molar refractivity (Wildman–Crippen MR) is 114 cm³/mol. The molecular formula is C21H21ClF2N2O5S. The maximum atomic E-state index is 13.7. The number of anilines is 1. The van der Waals surface area contributed by atoms with Gasteiger partial charge in [-0.2, -0.15) is 4.31 Å². The summed E-state index contributed by atoms with van der Waals surface area (Å²) >= 11 is 6.09. The van der Waals surface area contributed by atoms with Crippen LogP contribution in [0.25, 0.3) is 0 Å². The van der Waals surface area contributed by atoms with Gasteiger partial charge in [0.1, 0.15) is 22.2 Å². The number of piperidine rings is 1. The minimum atomic E-state index is -3.91. The highest BCUT2D eigenvalue weighted by molar-refractivity contribution is 7.89. The monoisotopic (exact) mass is 486 g/mol. The number of ether oxygens (including phenoxy) is 1. The van der Waals surface area contributed by atoms with Crippen molar-refractivity contribution in [1.29, 1.82) is 0 Å². The van der Waals surface area contributed by atoms with E-state index in [1.807, 2.05) is 5.32 Å². The van der Waals surface area contributed by atoms with Crippen LogP contribution in [0.5, 0.6) is 0 Å². The fourth-order valence-electron chi connectivity index (χ4n) is 3.20. The molecular weight excluding hydrogens is 466 g/mol. The molecule has 1 aliphatic heterocycles. The minimum absolute atomic E-state index is 0.0482. The number of sulfonamides is 1. The van der Waals surface area contributed by atoms with E-state index in [-0.39, 0.29) is 15.5 Å². The van der Waals surface area contributed by atoms with Crippen LogP contribution in [0.2, 0.25) is 5.02 Å². The summed E-state index contributed by atoms with van der Waals surface area (Å²) in [6.07, 6.45) is 0.976. The maximum absolute atomic E-state index is 13.7. The fraction of sp³-hybridized carbons (Fsp3) is 0.333. The van der Waals surface area contributed by atoms with E-state index in [1.165, 1.54) is 23.4 Å². The number of esters is 1. The largest absolute Gasteiger partial charge is 0.449 e. The van der Waals surface area contributed by atoms with E-state index in [0.29, 0.717) is 13.1 Å². The van der Waals surface area contributed by atoms with Crippen LogP contribution >= 0.6 is 11.6 Å². The Morgan fingerprint density at radius 3 is 2.34 bits per heavy atom. The van der Waals surface area contributed by atoms with E-state index in [1.54, 1.807) is 0 Å². The summed E-state index contributed by atoms with van der Waals surface area (Å²) < 4.78 is 59.7. The number of benzene rings is 2. The molecule has 1 atom stereocenters. The lowest BCUT2D eigenvalue weighted by Crippen LogP contribution is -2.36. The number of para-hydroxylation sites is 1. The minimum Gasteiger partial charge on any atom is -0.449 e. The molecule has 1 saturated heterocycles. The highest BCUT2D eigenvalue weighted by Gasteiger charge is 2.29. The zero-order chi connectivity index (χ0) is 23.5. The van der Waals surface area contributed by atoms with Crippen molar-refractivity contribution < 1.29 is 31.5 Å². The van der Waals surface area contributed by atoms with Gasteiger partial charge in [-0.05, 0) is 50.1 Å². The topological polar surface area (TPSA) is 92.8 Å². The number of hydrogen-bond donors (Lipinski definition) is 1. The summed E-state index contributed by atoms with van der Waals surface area (Å²) in [5, 5.41) is 1.98. The van der Waals surface area contributed by atoms with Crippen LogP contribution in [-0.2, 0) is 19.6 Å². The summed E-state index contributed by atoms with van der Waals surface area (Å²) in [6, 6.07) is 6.69. The molecule has 3 rings (SSSR count). The molecule has 1 N–H and O–H groups in total. The van der Waals surface area contributed by atoms with Crippen molar-refractivity contribution in [3.63, 3.8) is 0 Å². The number of nitrogens with one attached hydrogen (secondary N) is 1. The van der Waals surface area contributed by atoms with Gasteiger partial charge in [0.2, 0.25) is 10.0 Å². The summed E-state index contributed by atoms with van der Waals surface area (Å²) in [5.74, 6) is -3.92. The molecule has 0 radical (unpaired) electrons. The van der Waals surface area contributed by atoms with E-state index in [0.717, 1.165) is 43.5 Å². The summed E-state index contributed by atoms with van der Waals surface area (Å²) in [7, 11) is -3.91. The smallest absolute Gasteiger partial charge is 0.338 e. The van der Waals surface area contributed by atoms with E-state index in [2.05, 4.69) is 0 Å². The Labute approximate surface area is 189 Å². The molecule has 172 valence electrons. The third-order valence-corrected chi connectivity index (χ3v) is 7.34. The first-order valence-electron chi connectivity index (χ1n) is 9.87. The summed E-state index contributed by atoms with van der Waals surface area (Å²) in [5.41, 5.74) is -0.802. The Morgan fingerprint density at radius 1 is 1.09 bits per heavy atom. The van der Waals surface area contributed by atoms with Crippen molar-refractivity contribution in [3.8, 4) is 0 Å². The molecule has 1 amide bonds. The van der Waals surface area contributed by atoms with Gasteiger partial charge in [-0.1, -0.05) is 24.1 Å². The number of rotatable bonds is 6. The number of nitrogens with zero attached hydrogens (tertiary/aromatic N) is 1. The SMILES string of the molecule is CC(OC(=O)c1ccc(Cl)c(S(=O)(=O)N2CCCCC2)c1)C(=O)Nc1c(F)cccc1F. The zero-order valence-electron chi connectivity index (χ0n) is 17.1. The number of amides is 1. The van der Waals surface area contributed by atoms with Gasteiger partial charge in [-0.3, -0.25) is 4.79 Å². The molecule has 2 aromatic rings. The highest BCUT2D eigenvalue weighted by Crippen LogP contribution is 2.28. The average Bonchev–Trinajstić information content (AvgIpc) is 2.76. The third-order valence-electron chi connectivity index (χ3n) is 4.96. The van der Waals surface area contributed by atoms with Gasteiger partial charge in [0.15, 0.2) is 6.10 Å². The molecule has 7 nitrogen and oxygen atoms in total. The first kappa shape index (κ1) is 24.1. The zero-order valence-corrected chi connectivity index (χ0v) is 18.7. The Kier molecular flexibility index (Phi) is 7.47. The predicted octanol–water partition coefficient (Wildman–Crippen LogP) is 3.98. The fourth-order valence-corrected chi connectivity index (χ4v) is 5.21. The van der Waals surface area contributed by atoms with Gasteiger partial charge in [0.25, 0.3) is 5.91 Å². The van der Waals surface area contributed by atoms with Crippen LogP contribution in [0.15, 0.2) is 41.3 Å². The number of hydrogen-bond acceptors (Lipinski definition) is 5. The molecule has 0 aromatic heterocycles. The lowest BCUT2D eigenvalue weighted by Gasteiger charge is -2.26. The van der Waals surface area contributed by atoms with Gasteiger partial charge in [0.05, 0.1) is 10.6 Å². The molecule has 0 aliphatic carbocycles. The Balaban J connectivity index is 1.75. The van der Waals surface area contributed by atoms with Crippen molar-refractivity contribution in [2.75, 3.05) is 18.4 Å². The van der Waals surface area contributed by atoms with Crippen LogP contribution in [0.1, 0.15) is 36.5 Å². The normalized spacial score (nSPS) is 15.8. The molecule has 1 aliphatic rings. The Morgan fingerprint density at radius 2 is 1.72 bits per heavy atom. The number of halogens is 3. The van der Waals surface area contributed by atoms with Gasteiger partial charge in [-0.25, -0.2) is 22.0 Å². The molecule has 0 spiro atoms. The van der Waals surface area contributed by atoms with Crippen LogP contribution in [-0.4, -0.2) is 43.8 Å². The quantitative estimate of drug-likeness (QED) is 0.623. The van der Waals surface area contributed by atoms with Gasteiger partial charge < -0.3 is 10.1 Å². The van der Waals surface area contributed by atoms with Crippen molar-refractivity contribution in [2.24, 2.45) is 0 Å². The van der Waals surface area contributed by atoms with Crippen LogP contribution in [0.4, 0.5) is 14.5 Å². The molecule has 0 saturated carbocycles. The second-order valence-corrected chi connectivity index (χ2v) is 9.56. The first-order chi connectivity index (χ1) is 15.1. The number of carbonyl (C=O) groups is 2. The second kappa shape index (κ2) is 9.93. The Hall–Kier alpha value is -2.56. The van der Waals surface area contributed by atoms with Crippen LogP contribution in [0.3, 0.4) is 0 Å². The summed E-state index contributed by atoms with van der Waals surface area (Å²) in [6.45, 7) is 1.93. The molecule has 1 unspecified atom stereocenters. The lowest BCUT2D eigenvalue weighted by atomic mass is 10.2. The van der Waals surface area contributed by atoms with Gasteiger partial charge in [-0.15, -0.1) is 0 Å². The van der Waals surface area contributed by atoms with E-state index >= 15 is 0 Å². The summed E-state index contributed by atoms with van der Waals surface area (Å²) in [4.78, 5) is 24.5. The molecule has 0 bridgehead atoms. The lowest BCUT2D eigenvalue weighted by molar-refractivity contribution is -0.123. The van der Waals surface area contributed by atoms with Gasteiger partial charge in [0, 0.05) is 13.1 Å². The third kappa shape index (κ3) is 5.25. The van der Waals surface area contributed by atoms with E-state index in [9.17, 15) is 26.8 Å². The van der Waals surface area contributed by atoms with Crippen LogP contribution < -0.4 is 5.32 Å². The Bertz CT molecular complexity index is 1120. The van der Waals surface area contributed by atoms with Crippen LogP contribution in [0, 0.1) is 11.6 Å². The second-order valence-electron chi connectivity index (χ2n) is 7.24. The average molecular weight is 487 g/mol. The van der Waals surface area contributed by atoms with Gasteiger partial charge >= 0.3 is 5.97 Å². The first-order valence-corrected chi connectivity index (χ1v) is 11.7. The van der Waals surface area contributed by atoms with Crippen molar-refractivity contribution in [1.82, 2.24) is 4.31 Å². The standard InChI is InChI=1S/C21H21ClF2N2O5S/c1-13(20(27)25-19-16(23)6-5-7-17(19)24)31-21(28)14-8-9-15(22)18(12-14)32(29,30)26-10-3-2-4-11-26/h5-9,12-13H,2-4,10-11H2,1H3,(H,25,27). The molecule has 1 heterocycles. The van der Waals surface area contributed by atoms with Crippen molar-refractivity contribution in [2.45, 2.75) is 37.2 Å².